The molecule has 4 nitrogen and oxygen atoms in total. The fourth-order valence-corrected chi connectivity index (χ4v) is 0. The van der Waals surface area contributed by atoms with Crippen LogP contribution in [0.15, 0.2) is 0 Å². The van der Waals surface area contributed by atoms with Crippen LogP contribution in [0.1, 0.15) is 0 Å². The van der Waals surface area contributed by atoms with Crippen LogP contribution in [-0.4, -0.2) is 131 Å². The summed E-state index contributed by atoms with van der Waals surface area (Å²) in [6.45, 7) is 0. The Balaban J connectivity index is -0.0000000800. The van der Waals surface area contributed by atoms with Gasteiger partial charge < -0.3 is 19.2 Å². The van der Waals surface area contributed by atoms with E-state index in [1.807, 2.05) is 0 Å². The Labute approximate surface area is 127 Å². The summed E-state index contributed by atoms with van der Waals surface area (Å²) in [6.07, 6.45) is 0. The van der Waals surface area contributed by atoms with Gasteiger partial charge in [-0.2, -0.15) is 0 Å². The minimum atomic E-state index is -4.61. The van der Waals surface area contributed by atoms with E-state index in [9.17, 15) is 0 Å². The molecule has 7 heavy (non-hydrogen) atoms. The van der Waals surface area contributed by atoms with Gasteiger partial charge in [0, 0.05) is 51.4 Å². The molecule has 0 rings (SSSR count). The van der Waals surface area contributed by atoms with Crippen molar-refractivity contribution in [3.05, 3.63) is 0 Å². The van der Waals surface area contributed by atoms with Crippen LogP contribution in [0.3, 0.4) is 0 Å². The van der Waals surface area contributed by atoms with Gasteiger partial charge in [-0.15, -0.1) is 0 Å². The van der Waals surface area contributed by atoms with Crippen LogP contribution in [0.5, 0.6) is 0 Å². The van der Waals surface area contributed by atoms with Crippen molar-refractivity contribution in [3.63, 3.8) is 0 Å². The van der Waals surface area contributed by atoms with Gasteiger partial charge in [0.1, 0.15) is 0 Å². The third-order valence-corrected chi connectivity index (χ3v) is 0. The van der Waals surface area contributed by atoms with Crippen LogP contribution in [0.4, 0.5) is 0 Å². The normalized spacial score (nSPS) is 8.57. The molecule has 1 radical (unpaired) electrons. The first kappa shape index (κ1) is 16.7. The summed E-state index contributed by atoms with van der Waals surface area (Å²) in [7, 11) is -4.61. The molecule has 0 bridgehead atoms. The van der Waals surface area contributed by atoms with Crippen LogP contribution in [0.2, 0.25) is 0 Å². The van der Waals surface area contributed by atoms with Crippen molar-refractivity contribution in [1.82, 2.24) is 0 Å². The van der Waals surface area contributed by atoms with Gasteiger partial charge in [-0.05, 0) is 0 Å². The van der Waals surface area contributed by atoms with Crippen molar-refractivity contribution in [2.24, 2.45) is 0 Å². The minimum Gasteiger partial charge on any atom is 0 e. The predicted octanol–water partition coefficient (Wildman–Crippen LogP) is -3.64. The molecule has 0 saturated heterocycles. The second kappa shape index (κ2) is 7.44. The summed E-state index contributed by atoms with van der Waals surface area (Å²) in [5, 5.41) is 0. The van der Waals surface area contributed by atoms with E-state index >= 15 is 0 Å². The average Bonchev–Trinajstić information content (AvgIpc) is 0.722. The smallest absolute Gasteiger partial charge is 0 e. The molecule has 0 fully saturated rings. The first-order valence-electron chi connectivity index (χ1n) is 0.894. The molecule has 7 heteroatoms. The largest absolute Gasteiger partial charge is 0 e. The SMILES string of the molecule is O[Si](O)(O)O.[KH].[K]. The molecule has 0 aliphatic rings. The zero-order valence-corrected chi connectivity index (χ0v) is 7.41. The number of rotatable bonds is 0. The van der Waals surface area contributed by atoms with Gasteiger partial charge in [0.05, 0.1) is 0 Å². The Hall–Kier alpha value is 3.33. The van der Waals surface area contributed by atoms with Gasteiger partial charge in [0.15, 0.2) is 0 Å². The Kier molecular flexibility index (Phi) is 17.8. The molecule has 0 aromatic heterocycles. The van der Waals surface area contributed by atoms with Crippen molar-refractivity contribution in [2.45, 2.75) is 0 Å². The molecule has 0 unspecified atom stereocenters. The maximum Gasteiger partial charge on any atom is 0 e. The van der Waals surface area contributed by atoms with E-state index in [4.69, 9.17) is 19.2 Å². The Morgan fingerprint density at radius 2 is 0.857 bits per heavy atom. The van der Waals surface area contributed by atoms with Crippen LogP contribution < -0.4 is 0 Å². The van der Waals surface area contributed by atoms with Crippen LogP contribution in [0, 0.1) is 0 Å². The Bertz CT molecular complexity index is 25.2. The molecular weight excluding hydrogens is 170 g/mol. The van der Waals surface area contributed by atoms with E-state index < -0.39 is 9.05 Å². The van der Waals surface area contributed by atoms with Crippen molar-refractivity contribution < 1.29 is 19.2 Å². The quantitative estimate of drug-likeness (QED) is 0.286. The second-order valence-corrected chi connectivity index (χ2v) is 1.80. The molecule has 0 saturated carbocycles. The number of hydrogen-bond acceptors (Lipinski definition) is 4. The molecule has 4 N–H and O–H groups in total. The summed E-state index contributed by atoms with van der Waals surface area (Å²) in [4.78, 5) is 29.3. The van der Waals surface area contributed by atoms with Gasteiger partial charge in [0.2, 0.25) is 0 Å². The van der Waals surface area contributed by atoms with Crippen LogP contribution >= 0.6 is 0 Å². The van der Waals surface area contributed by atoms with Crippen LogP contribution in [-0.2, 0) is 0 Å². The Morgan fingerprint density at radius 1 is 0.857 bits per heavy atom. The third kappa shape index (κ3) is 45.2. The molecule has 0 atom stereocenters. The molecule has 0 aromatic rings. The number of hydrogen-bond donors (Lipinski definition) is 4. The van der Waals surface area contributed by atoms with Crippen molar-refractivity contribution in [3.8, 4) is 0 Å². The molecule has 0 amide bonds. The monoisotopic (exact) mass is 175 g/mol. The maximum absolute atomic E-state index is 7.33. The molecule has 0 aliphatic heterocycles. The van der Waals surface area contributed by atoms with Gasteiger partial charge >= 0.3 is 60.4 Å². The minimum absolute atomic E-state index is 0. The van der Waals surface area contributed by atoms with Crippen molar-refractivity contribution in [1.29, 1.82) is 0 Å². The van der Waals surface area contributed by atoms with E-state index in [0.717, 1.165) is 0 Å². The standard InChI is InChI=1S/2K.H4O4Si.H/c;;1-5(2,3)4;/h;;1-4H;. The van der Waals surface area contributed by atoms with Gasteiger partial charge in [-0.25, -0.2) is 0 Å². The first-order chi connectivity index (χ1) is 2.00. The van der Waals surface area contributed by atoms with Gasteiger partial charge in [-0.3, -0.25) is 0 Å². The maximum atomic E-state index is 7.33. The molecular formula is H5K2O4Si. The van der Waals surface area contributed by atoms with E-state index in [1.165, 1.54) is 0 Å². The van der Waals surface area contributed by atoms with E-state index in [2.05, 4.69) is 0 Å². The molecule has 0 heterocycles. The first-order valence-corrected chi connectivity index (χ1v) is 2.68. The zero-order chi connectivity index (χ0) is 4.50. The third-order valence-electron chi connectivity index (χ3n) is 0. The fraction of sp³-hybridized carbons (Fsp3) is 0. The van der Waals surface area contributed by atoms with E-state index in [1.54, 1.807) is 0 Å². The molecule has 0 spiro atoms. The molecule has 0 aliphatic carbocycles. The summed E-state index contributed by atoms with van der Waals surface area (Å²) >= 11 is 0. The zero-order valence-electron chi connectivity index (χ0n) is 3.29. The Morgan fingerprint density at radius 3 is 0.857 bits per heavy atom. The summed E-state index contributed by atoms with van der Waals surface area (Å²) in [5.74, 6) is 0. The molecule has 35 valence electrons. The topological polar surface area (TPSA) is 80.9 Å². The van der Waals surface area contributed by atoms with Gasteiger partial charge in [0.25, 0.3) is 0 Å². The van der Waals surface area contributed by atoms with Crippen molar-refractivity contribution in [2.75, 3.05) is 0 Å². The summed E-state index contributed by atoms with van der Waals surface area (Å²) in [5.41, 5.74) is 0. The van der Waals surface area contributed by atoms with E-state index in [0.29, 0.717) is 0 Å². The second-order valence-electron chi connectivity index (χ2n) is 0.600. The fourth-order valence-electron chi connectivity index (χ4n) is 0. The average molecular weight is 175 g/mol. The molecule has 0 aromatic carbocycles. The van der Waals surface area contributed by atoms with Crippen LogP contribution in [0.25, 0.3) is 0 Å². The summed E-state index contributed by atoms with van der Waals surface area (Å²) in [6, 6.07) is 0. The van der Waals surface area contributed by atoms with Crippen molar-refractivity contribution >= 4 is 112 Å². The predicted molar refractivity (Wildman–Crippen MR) is 27.5 cm³/mol. The van der Waals surface area contributed by atoms with Gasteiger partial charge in [-0.1, -0.05) is 0 Å². The van der Waals surface area contributed by atoms with E-state index in [-0.39, 0.29) is 103 Å². The summed E-state index contributed by atoms with van der Waals surface area (Å²) < 4.78 is 0.